The lowest BCUT2D eigenvalue weighted by Gasteiger charge is -2.07. The Labute approximate surface area is 118 Å². The number of hydrogen-bond acceptors (Lipinski definition) is 4. The molecule has 0 unspecified atom stereocenters. The fraction of sp³-hybridized carbons (Fsp3) is 0.500. The van der Waals surface area contributed by atoms with Crippen LogP contribution in [0.15, 0.2) is 9.52 Å². The summed E-state index contributed by atoms with van der Waals surface area (Å²) in [5, 5.41) is 9.75. The minimum atomic E-state index is 0. The van der Waals surface area contributed by atoms with Crippen LogP contribution in [0.25, 0.3) is 0 Å². The Morgan fingerprint density at radius 3 is 2.82 bits per heavy atom. The Morgan fingerprint density at radius 2 is 2.29 bits per heavy atom. The van der Waals surface area contributed by atoms with Gasteiger partial charge in [0, 0.05) is 13.5 Å². The van der Waals surface area contributed by atoms with Gasteiger partial charge in [-0.1, -0.05) is 11.1 Å². The van der Waals surface area contributed by atoms with Crippen LogP contribution in [0.4, 0.5) is 0 Å². The number of rotatable bonds is 4. The van der Waals surface area contributed by atoms with Gasteiger partial charge in [0.15, 0.2) is 11.8 Å². The molecule has 6 nitrogen and oxygen atoms in total. The number of nitrogens with one attached hydrogen (secondary N) is 2. The maximum absolute atomic E-state index is 5.15. The highest BCUT2D eigenvalue weighted by molar-refractivity contribution is 14.0. The molecule has 0 aliphatic heterocycles. The molecule has 0 aromatic carbocycles. The zero-order valence-corrected chi connectivity index (χ0v) is 12.2. The maximum atomic E-state index is 5.15. The van der Waals surface area contributed by atoms with Crippen LogP contribution in [0.1, 0.15) is 18.6 Å². The quantitative estimate of drug-likeness (QED) is 0.362. The first-order chi connectivity index (χ1) is 7.76. The predicted molar refractivity (Wildman–Crippen MR) is 76.1 cm³/mol. The summed E-state index contributed by atoms with van der Waals surface area (Å²) in [5.41, 5.74) is 0. The van der Waals surface area contributed by atoms with Gasteiger partial charge < -0.3 is 15.2 Å². The number of aromatic nitrogens is 2. The van der Waals surface area contributed by atoms with Gasteiger partial charge in [-0.3, -0.25) is 0 Å². The molecule has 0 radical (unpaired) electrons. The molecule has 0 spiro atoms. The van der Waals surface area contributed by atoms with E-state index in [9.17, 15) is 0 Å². The predicted octanol–water partition coefficient (Wildman–Crippen LogP) is 0.684. The first-order valence-corrected chi connectivity index (χ1v) is 5.01. The number of terminal acetylenes is 1. The summed E-state index contributed by atoms with van der Waals surface area (Å²) < 4.78 is 4.83. The molecule has 17 heavy (non-hydrogen) atoms. The summed E-state index contributed by atoms with van der Waals surface area (Å²) in [6.45, 7) is 5.27. The molecule has 1 aromatic rings. The van der Waals surface area contributed by atoms with Crippen molar-refractivity contribution in [2.24, 2.45) is 4.99 Å². The zero-order chi connectivity index (χ0) is 11.8. The Kier molecular flexibility index (Phi) is 8.13. The molecule has 0 fully saturated rings. The molecule has 1 heterocycles. The molecule has 1 rings (SSSR count). The molecule has 1 aromatic heterocycles. The highest BCUT2D eigenvalue weighted by Crippen LogP contribution is 1.96. The summed E-state index contributed by atoms with van der Waals surface area (Å²) in [6, 6.07) is 0. The lowest BCUT2D eigenvalue weighted by Crippen LogP contribution is -2.37. The number of aliphatic imine (C=N–C) groups is 1. The van der Waals surface area contributed by atoms with E-state index in [0.717, 1.165) is 6.54 Å². The first kappa shape index (κ1) is 15.7. The minimum Gasteiger partial charge on any atom is -0.357 e. The molecule has 0 saturated heterocycles. The number of guanidine groups is 1. The molecule has 2 N–H and O–H groups in total. The average Bonchev–Trinajstić information content (AvgIpc) is 2.68. The van der Waals surface area contributed by atoms with Crippen molar-refractivity contribution < 1.29 is 4.52 Å². The van der Waals surface area contributed by atoms with E-state index in [0.29, 0.717) is 30.8 Å². The Bertz CT molecular complexity index is 396. The van der Waals surface area contributed by atoms with Crippen LogP contribution in [0, 0.1) is 19.3 Å². The lowest BCUT2D eigenvalue weighted by molar-refractivity contribution is 0.387. The van der Waals surface area contributed by atoms with E-state index in [2.05, 4.69) is 31.7 Å². The van der Waals surface area contributed by atoms with Crippen molar-refractivity contribution in [3.8, 4) is 12.3 Å². The van der Waals surface area contributed by atoms with Crippen LogP contribution in [-0.4, -0.2) is 29.2 Å². The van der Waals surface area contributed by atoms with E-state index in [4.69, 9.17) is 10.9 Å². The van der Waals surface area contributed by atoms with Gasteiger partial charge in [0.1, 0.15) is 6.54 Å². The van der Waals surface area contributed by atoms with Crippen LogP contribution < -0.4 is 10.6 Å². The molecule has 0 saturated carbocycles. The second-order valence-electron chi connectivity index (χ2n) is 2.98. The van der Waals surface area contributed by atoms with Crippen molar-refractivity contribution >= 4 is 29.9 Å². The van der Waals surface area contributed by atoms with Crippen molar-refractivity contribution in [3.63, 3.8) is 0 Å². The molecule has 0 atom stereocenters. The third-order valence-electron chi connectivity index (χ3n) is 1.65. The smallest absolute Gasteiger partial charge is 0.223 e. The second kappa shape index (κ2) is 8.81. The van der Waals surface area contributed by atoms with Crippen LogP contribution in [0.2, 0.25) is 0 Å². The van der Waals surface area contributed by atoms with Crippen molar-refractivity contribution in [2.45, 2.75) is 20.4 Å². The number of aryl methyl sites for hydroxylation is 1. The van der Waals surface area contributed by atoms with E-state index in [1.165, 1.54) is 0 Å². The highest BCUT2D eigenvalue weighted by Gasteiger charge is 2.01. The molecule has 0 aliphatic carbocycles. The van der Waals surface area contributed by atoms with Crippen molar-refractivity contribution in [1.82, 2.24) is 20.8 Å². The fourth-order valence-electron chi connectivity index (χ4n) is 1.03. The summed E-state index contributed by atoms with van der Waals surface area (Å²) in [7, 11) is 0. The summed E-state index contributed by atoms with van der Waals surface area (Å²) in [6.07, 6.45) is 5.15. The molecular formula is C10H16IN5O. The van der Waals surface area contributed by atoms with Crippen LogP contribution >= 0.6 is 24.0 Å². The van der Waals surface area contributed by atoms with Crippen molar-refractivity contribution in [3.05, 3.63) is 11.7 Å². The van der Waals surface area contributed by atoms with Gasteiger partial charge in [-0.15, -0.1) is 30.4 Å². The standard InChI is InChI=1S/C10H15N5O.HI/c1-4-6-12-10(11-5-2)13-7-9-14-8(3)16-15-9;/h1H,5-7H2,2-3H3,(H2,11,12,13);1H. The number of nitrogens with zero attached hydrogens (tertiary/aromatic N) is 3. The van der Waals surface area contributed by atoms with Gasteiger partial charge in [-0.2, -0.15) is 4.98 Å². The largest absolute Gasteiger partial charge is 0.357 e. The van der Waals surface area contributed by atoms with Crippen LogP contribution in [0.5, 0.6) is 0 Å². The number of halogens is 1. The first-order valence-electron chi connectivity index (χ1n) is 5.01. The number of hydrogen-bond donors (Lipinski definition) is 2. The molecule has 0 bridgehead atoms. The fourth-order valence-corrected chi connectivity index (χ4v) is 1.03. The van der Waals surface area contributed by atoms with Gasteiger partial charge in [-0.25, -0.2) is 4.99 Å². The van der Waals surface area contributed by atoms with E-state index >= 15 is 0 Å². The van der Waals surface area contributed by atoms with Gasteiger partial charge in [-0.05, 0) is 6.92 Å². The topological polar surface area (TPSA) is 75.3 Å². The molecule has 94 valence electrons. The van der Waals surface area contributed by atoms with E-state index < -0.39 is 0 Å². The third-order valence-corrected chi connectivity index (χ3v) is 1.65. The summed E-state index contributed by atoms with van der Waals surface area (Å²) in [4.78, 5) is 8.29. The van der Waals surface area contributed by atoms with Gasteiger partial charge >= 0.3 is 0 Å². The Morgan fingerprint density at radius 1 is 1.53 bits per heavy atom. The Balaban J connectivity index is 0.00000256. The highest BCUT2D eigenvalue weighted by atomic mass is 127. The van der Waals surface area contributed by atoms with E-state index in [-0.39, 0.29) is 24.0 Å². The van der Waals surface area contributed by atoms with E-state index in [1.807, 2.05) is 6.92 Å². The molecule has 0 amide bonds. The van der Waals surface area contributed by atoms with Gasteiger partial charge in [0.2, 0.25) is 5.89 Å². The summed E-state index contributed by atoms with van der Waals surface area (Å²) in [5.74, 6) is 4.20. The van der Waals surface area contributed by atoms with Crippen molar-refractivity contribution in [2.75, 3.05) is 13.1 Å². The third kappa shape index (κ3) is 6.11. The van der Waals surface area contributed by atoms with Crippen LogP contribution in [-0.2, 0) is 6.54 Å². The van der Waals surface area contributed by atoms with Gasteiger partial charge in [0.25, 0.3) is 0 Å². The second-order valence-corrected chi connectivity index (χ2v) is 2.98. The van der Waals surface area contributed by atoms with Crippen LogP contribution in [0.3, 0.4) is 0 Å². The molecule has 7 heteroatoms. The lowest BCUT2D eigenvalue weighted by atomic mass is 10.6. The van der Waals surface area contributed by atoms with E-state index in [1.54, 1.807) is 6.92 Å². The molecule has 0 aliphatic rings. The molecular weight excluding hydrogens is 333 g/mol. The van der Waals surface area contributed by atoms with Gasteiger partial charge in [0.05, 0.1) is 6.54 Å². The monoisotopic (exact) mass is 349 g/mol. The normalized spacial score (nSPS) is 10.3. The van der Waals surface area contributed by atoms with Crippen molar-refractivity contribution in [1.29, 1.82) is 0 Å². The zero-order valence-electron chi connectivity index (χ0n) is 9.86. The Hall–Kier alpha value is -1.30. The minimum absolute atomic E-state index is 0. The maximum Gasteiger partial charge on any atom is 0.223 e. The summed E-state index contributed by atoms with van der Waals surface area (Å²) >= 11 is 0. The average molecular weight is 349 g/mol. The SMILES string of the molecule is C#CCNC(=NCc1noc(C)n1)NCC.I.